The molecule has 0 saturated heterocycles. The topological polar surface area (TPSA) is 43.8 Å². The van der Waals surface area contributed by atoms with E-state index >= 15 is 0 Å². The number of aromatic nitrogens is 2. The molecule has 1 saturated carbocycles. The Balaban J connectivity index is 2.08. The number of benzene rings is 1. The van der Waals surface area contributed by atoms with Crippen LogP contribution in [-0.2, 0) is 6.54 Å². The average molecular weight is 240 g/mol. The van der Waals surface area contributed by atoms with Crippen LogP contribution in [0.5, 0.6) is 0 Å². The minimum atomic E-state index is -1.06. The summed E-state index contributed by atoms with van der Waals surface area (Å²) in [6.45, 7) is 0.302. The smallest absolute Gasteiger partial charge is 0.130 e. The largest absolute Gasteiger partial charge is 0.398 e. The fourth-order valence-corrected chi connectivity index (χ4v) is 1.96. The molecule has 2 N–H and O–H groups in total. The number of halogens is 2. The van der Waals surface area contributed by atoms with Crippen LogP contribution >= 0.6 is 11.6 Å². The van der Waals surface area contributed by atoms with Crippen molar-refractivity contribution in [1.29, 1.82) is 0 Å². The van der Waals surface area contributed by atoms with Crippen molar-refractivity contribution in [1.82, 2.24) is 9.78 Å². The van der Waals surface area contributed by atoms with Crippen molar-refractivity contribution in [2.24, 2.45) is 0 Å². The predicted octanol–water partition coefficient (Wildman–Crippen LogP) is 2.77. The number of alkyl halides is 1. The van der Waals surface area contributed by atoms with Crippen LogP contribution in [-0.4, -0.2) is 15.4 Å². The summed E-state index contributed by atoms with van der Waals surface area (Å²) in [6, 6.07) is 3.50. The fourth-order valence-electron chi connectivity index (χ4n) is 1.81. The van der Waals surface area contributed by atoms with Gasteiger partial charge in [0.2, 0.25) is 0 Å². The molecule has 0 radical (unpaired) electrons. The molecular formula is C11H11ClFN3. The highest BCUT2D eigenvalue weighted by molar-refractivity contribution is 6.33. The van der Waals surface area contributed by atoms with Crippen LogP contribution in [0.4, 0.5) is 10.1 Å². The van der Waals surface area contributed by atoms with Gasteiger partial charge in [-0.15, -0.1) is 0 Å². The summed E-state index contributed by atoms with van der Waals surface area (Å²) in [5.74, 6) is 0. The molecule has 1 aromatic heterocycles. The Labute approximate surface area is 97.0 Å². The van der Waals surface area contributed by atoms with Gasteiger partial charge in [-0.3, -0.25) is 4.68 Å². The summed E-state index contributed by atoms with van der Waals surface area (Å²) in [7, 11) is 0. The zero-order valence-electron chi connectivity index (χ0n) is 8.58. The number of rotatable bonds is 2. The molecule has 84 valence electrons. The highest BCUT2D eigenvalue weighted by Gasteiger charge is 2.44. The lowest BCUT2D eigenvalue weighted by Gasteiger charge is -2.07. The van der Waals surface area contributed by atoms with Crippen molar-refractivity contribution >= 4 is 28.2 Å². The molecule has 0 unspecified atom stereocenters. The van der Waals surface area contributed by atoms with E-state index < -0.39 is 5.67 Å². The predicted molar refractivity (Wildman–Crippen MR) is 62.2 cm³/mol. The van der Waals surface area contributed by atoms with E-state index in [2.05, 4.69) is 5.10 Å². The lowest BCUT2D eigenvalue weighted by atomic mass is 10.2. The van der Waals surface area contributed by atoms with E-state index in [4.69, 9.17) is 17.3 Å². The number of hydrogen-bond donors (Lipinski definition) is 1. The molecule has 3 rings (SSSR count). The van der Waals surface area contributed by atoms with Crippen LogP contribution < -0.4 is 5.73 Å². The summed E-state index contributed by atoms with van der Waals surface area (Å²) in [6.07, 6.45) is 2.93. The maximum absolute atomic E-state index is 13.7. The third-order valence-electron chi connectivity index (χ3n) is 2.99. The minimum absolute atomic E-state index is 0.302. The van der Waals surface area contributed by atoms with Gasteiger partial charge in [-0.2, -0.15) is 5.10 Å². The average Bonchev–Trinajstić information content (AvgIpc) is 2.84. The van der Waals surface area contributed by atoms with Crippen molar-refractivity contribution in [3.8, 4) is 0 Å². The second kappa shape index (κ2) is 3.10. The normalized spacial score (nSPS) is 17.9. The second-order valence-corrected chi connectivity index (χ2v) is 4.79. The number of nitrogens with zero attached hydrogens (tertiary/aromatic N) is 2. The van der Waals surface area contributed by atoms with E-state index in [1.54, 1.807) is 23.0 Å². The molecule has 5 heteroatoms. The Morgan fingerprint density at radius 1 is 1.50 bits per heavy atom. The number of nitrogens with two attached hydrogens (primary N) is 1. The Kier molecular flexibility index (Phi) is 1.92. The van der Waals surface area contributed by atoms with Crippen LogP contribution in [0.1, 0.15) is 12.8 Å². The van der Waals surface area contributed by atoms with E-state index in [-0.39, 0.29) is 0 Å². The molecule has 0 aliphatic heterocycles. The molecular weight excluding hydrogens is 229 g/mol. The van der Waals surface area contributed by atoms with E-state index in [1.807, 2.05) is 0 Å². The maximum atomic E-state index is 13.7. The van der Waals surface area contributed by atoms with Crippen molar-refractivity contribution in [2.45, 2.75) is 25.1 Å². The summed E-state index contributed by atoms with van der Waals surface area (Å²) in [4.78, 5) is 0. The molecule has 1 aliphatic carbocycles. The van der Waals surface area contributed by atoms with Gasteiger partial charge in [-0.05, 0) is 25.0 Å². The van der Waals surface area contributed by atoms with Gasteiger partial charge in [-0.1, -0.05) is 11.6 Å². The van der Waals surface area contributed by atoms with Crippen LogP contribution in [0.3, 0.4) is 0 Å². The number of fused-ring (bicyclic) bond motifs is 1. The second-order valence-electron chi connectivity index (χ2n) is 4.39. The van der Waals surface area contributed by atoms with Gasteiger partial charge in [0, 0.05) is 5.39 Å². The van der Waals surface area contributed by atoms with Crippen molar-refractivity contribution in [2.75, 3.05) is 5.73 Å². The third kappa shape index (κ3) is 1.53. The van der Waals surface area contributed by atoms with Gasteiger partial charge in [0.25, 0.3) is 0 Å². The van der Waals surface area contributed by atoms with Gasteiger partial charge in [0.15, 0.2) is 0 Å². The van der Waals surface area contributed by atoms with Crippen LogP contribution in [0.15, 0.2) is 18.3 Å². The molecule has 1 aromatic carbocycles. The highest BCUT2D eigenvalue weighted by Crippen LogP contribution is 2.41. The van der Waals surface area contributed by atoms with E-state index in [9.17, 15) is 4.39 Å². The molecule has 1 aliphatic rings. The molecule has 1 fully saturated rings. The molecule has 0 bridgehead atoms. The van der Waals surface area contributed by atoms with Gasteiger partial charge in [-0.25, -0.2) is 4.39 Å². The van der Waals surface area contributed by atoms with Gasteiger partial charge in [0.1, 0.15) is 5.67 Å². The lowest BCUT2D eigenvalue weighted by Crippen LogP contribution is -2.13. The SMILES string of the molecule is Nc1cc2cnn(CC3(F)CC3)c2cc1Cl. The maximum Gasteiger partial charge on any atom is 0.130 e. The summed E-state index contributed by atoms with van der Waals surface area (Å²) in [5.41, 5.74) is 5.99. The summed E-state index contributed by atoms with van der Waals surface area (Å²) < 4.78 is 15.3. The van der Waals surface area contributed by atoms with Gasteiger partial charge in [0.05, 0.1) is 29.0 Å². The van der Waals surface area contributed by atoms with Crippen molar-refractivity contribution in [3.63, 3.8) is 0 Å². The molecule has 1 heterocycles. The molecule has 16 heavy (non-hydrogen) atoms. The zero-order valence-corrected chi connectivity index (χ0v) is 9.34. The number of anilines is 1. The van der Waals surface area contributed by atoms with Crippen LogP contribution in [0.2, 0.25) is 5.02 Å². The summed E-state index contributed by atoms with van der Waals surface area (Å²) >= 11 is 5.94. The Morgan fingerprint density at radius 2 is 2.25 bits per heavy atom. The quantitative estimate of drug-likeness (QED) is 0.819. The Bertz CT molecular complexity index is 560. The Hall–Kier alpha value is -1.29. The zero-order chi connectivity index (χ0) is 11.3. The monoisotopic (exact) mass is 239 g/mol. The van der Waals surface area contributed by atoms with Gasteiger partial charge < -0.3 is 5.73 Å². The molecule has 0 atom stereocenters. The van der Waals surface area contributed by atoms with E-state index in [1.165, 1.54) is 0 Å². The third-order valence-corrected chi connectivity index (χ3v) is 3.31. The first-order valence-electron chi connectivity index (χ1n) is 5.17. The minimum Gasteiger partial charge on any atom is -0.398 e. The molecule has 3 nitrogen and oxygen atoms in total. The fraction of sp³-hybridized carbons (Fsp3) is 0.364. The molecule has 0 amide bonds. The van der Waals surface area contributed by atoms with Crippen LogP contribution in [0, 0.1) is 0 Å². The van der Waals surface area contributed by atoms with Crippen LogP contribution in [0.25, 0.3) is 10.9 Å². The Morgan fingerprint density at radius 3 is 2.94 bits per heavy atom. The molecule has 0 spiro atoms. The highest BCUT2D eigenvalue weighted by atomic mass is 35.5. The number of nitrogen functional groups attached to an aromatic ring is 1. The van der Waals surface area contributed by atoms with E-state index in [0.29, 0.717) is 30.1 Å². The molecule has 2 aromatic rings. The summed E-state index contributed by atoms with van der Waals surface area (Å²) in [5, 5.41) is 5.54. The number of hydrogen-bond acceptors (Lipinski definition) is 2. The lowest BCUT2D eigenvalue weighted by molar-refractivity contribution is 0.264. The first-order chi connectivity index (χ1) is 7.57. The first kappa shape index (κ1) is 9.90. The van der Waals surface area contributed by atoms with Crippen molar-refractivity contribution in [3.05, 3.63) is 23.4 Å². The van der Waals surface area contributed by atoms with Crippen molar-refractivity contribution < 1.29 is 4.39 Å². The first-order valence-corrected chi connectivity index (χ1v) is 5.55. The van der Waals surface area contributed by atoms with E-state index in [0.717, 1.165) is 10.9 Å². The standard InChI is InChI=1S/C11H11ClFN3/c12-8-4-10-7(3-9(8)14)5-15-16(10)6-11(13)1-2-11/h3-5H,1-2,6,14H2. The van der Waals surface area contributed by atoms with Gasteiger partial charge >= 0.3 is 0 Å².